The summed E-state index contributed by atoms with van der Waals surface area (Å²) in [4.78, 5) is 27.8. The first kappa shape index (κ1) is 24.9. The Hall–Kier alpha value is -3.22. The lowest BCUT2D eigenvalue weighted by atomic mass is 9.88. The number of carboxylic acids is 1. The Labute approximate surface area is 209 Å². The summed E-state index contributed by atoms with van der Waals surface area (Å²) in [5, 5.41) is 10.7. The first-order valence-electron chi connectivity index (χ1n) is 11.6. The summed E-state index contributed by atoms with van der Waals surface area (Å²) in [7, 11) is 0. The summed E-state index contributed by atoms with van der Waals surface area (Å²) in [5.41, 5.74) is 2.29. The number of halogens is 2. The number of aliphatic carboxylic acids is 1. The van der Waals surface area contributed by atoms with Gasteiger partial charge in [-0.05, 0) is 47.4 Å². The minimum atomic E-state index is -1.06. The molecule has 1 aliphatic rings. The van der Waals surface area contributed by atoms with Gasteiger partial charge in [0, 0.05) is 11.4 Å². The molecule has 3 aromatic carbocycles. The van der Waals surface area contributed by atoms with Crippen molar-refractivity contribution in [2.24, 2.45) is 0 Å². The fraction of sp³-hybridized carbons (Fsp3) is 0.286. The lowest BCUT2D eigenvalue weighted by Crippen LogP contribution is -2.57. The topological polar surface area (TPSA) is 66.8 Å². The van der Waals surface area contributed by atoms with Crippen LogP contribution in [0.2, 0.25) is 5.02 Å². The van der Waals surface area contributed by atoms with Crippen molar-refractivity contribution in [3.8, 4) is 0 Å². The maximum Gasteiger partial charge on any atom is 0.326 e. The number of carbonyl (C=O) groups is 2. The van der Waals surface area contributed by atoms with Crippen LogP contribution >= 0.6 is 11.6 Å². The van der Waals surface area contributed by atoms with Crippen LogP contribution in [0.15, 0.2) is 78.9 Å². The lowest BCUT2D eigenvalue weighted by molar-refractivity contribution is -0.184. The zero-order valence-corrected chi connectivity index (χ0v) is 20.1. The van der Waals surface area contributed by atoms with Gasteiger partial charge in [0.15, 0.2) is 0 Å². The van der Waals surface area contributed by atoms with Crippen molar-refractivity contribution < 1.29 is 23.8 Å². The van der Waals surface area contributed by atoms with Crippen LogP contribution in [-0.2, 0) is 20.7 Å². The third-order valence-electron chi connectivity index (χ3n) is 6.28. The number of carbonyl (C=O) groups excluding carboxylic acids is 1. The van der Waals surface area contributed by atoms with Gasteiger partial charge in [-0.3, -0.25) is 4.79 Å². The predicted octanol–water partition coefficient (Wildman–Crippen LogP) is 5.98. The van der Waals surface area contributed by atoms with E-state index >= 15 is 0 Å². The van der Waals surface area contributed by atoms with E-state index in [1.54, 1.807) is 36.4 Å². The van der Waals surface area contributed by atoms with Crippen molar-refractivity contribution >= 4 is 23.5 Å². The molecule has 1 fully saturated rings. The van der Waals surface area contributed by atoms with E-state index in [2.05, 4.69) is 0 Å². The average molecular weight is 496 g/mol. The Kier molecular flexibility index (Phi) is 7.83. The highest BCUT2D eigenvalue weighted by Crippen LogP contribution is 2.44. The van der Waals surface area contributed by atoms with Gasteiger partial charge in [0.25, 0.3) is 5.91 Å². The number of benzene rings is 3. The first-order chi connectivity index (χ1) is 16.9. The maximum atomic E-state index is 13.9. The molecule has 4 atom stereocenters. The van der Waals surface area contributed by atoms with Crippen LogP contribution in [0.1, 0.15) is 48.6 Å². The molecule has 1 heterocycles. The fourth-order valence-electron chi connectivity index (χ4n) is 4.63. The molecule has 0 aliphatic carbocycles. The molecule has 0 saturated carbocycles. The number of amides is 1. The second kappa shape index (κ2) is 11.0. The molecule has 5 nitrogen and oxygen atoms in total. The second-order valence-corrected chi connectivity index (χ2v) is 9.11. The van der Waals surface area contributed by atoms with Crippen LogP contribution in [0.3, 0.4) is 0 Å². The number of hydrogen-bond donors (Lipinski definition) is 1. The number of hydrogen-bond acceptors (Lipinski definition) is 3. The van der Waals surface area contributed by atoms with E-state index < -0.39 is 36.2 Å². The summed E-state index contributed by atoms with van der Waals surface area (Å²) in [5.74, 6) is -1.83. The molecule has 35 heavy (non-hydrogen) atoms. The number of rotatable bonds is 8. The second-order valence-electron chi connectivity index (χ2n) is 8.67. The number of carboxylic acid groups (broad SMARTS) is 1. The average Bonchev–Trinajstić information content (AvgIpc) is 2.86. The lowest BCUT2D eigenvalue weighted by Gasteiger charge is -2.47. The van der Waals surface area contributed by atoms with E-state index in [0.29, 0.717) is 17.9 Å². The molecule has 3 aromatic rings. The van der Waals surface area contributed by atoms with E-state index in [0.717, 1.165) is 16.7 Å². The molecule has 1 N–H and O–H groups in total. The van der Waals surface area contributed by atoms with Gasteiger partial charge in [-0.1, -0.05) is 79.5 Å². The van der Waals surface area contributed by atoms with Gasteiger partial charge >= 0.3 is 5.97 Å². The highest BCUT2D eigenvalue weighted by molar-refractivity contribution is 6.30. The molecule has 0 radical (unpaired) electrons. The van der Waals surface area contributed by atoms with Crippen LogP contribution < -0.4 is 0 Å². The van der Waals surface area contributed by atoms with E-state index in [1.165, 1.54) is 17.0 Å². The van der Waals surface area contributed by atoms with Crippen molar-refractivity contribution in [1.82, 2.24) is 4.90 Å². The molecule has 0 unspecified atom stereocenters. The van der Waals surface area contributed by atoms with Gasteiger partial charge in [0.2, 0.25) is 0 Å². The standard InChI is InChI=1S/C28H27ClFNO4/c1-2-6-23(28(33)34)31-25(19-11-13-21(29)14-12-19)26(20-7-4-3-5-8-20)35-24(27(31)32)17-18-9-15-22(30)16-10-18/h3-5,7-16,23-26H,2,6,17H2,1H3,(H,33,34)/t23-,24+,25-,26+/m1/s1. The maximum absolute atomic E-state index is 13.9. The van der Waals surface area contributed by atoms with Gasteiger partial charge in [0.1, 0.15) is 24.1 Å². The molecular formula is C28H27ClFNO4. The smallest absolute Gasteiger partial charge is 0.326 e. The molecule has 0 bridgehead atoms. The SMILES string of the molecule is CCC[C@H](C(=O)O)N1C(=O)[C@H](Cc2ccc(F)cc2)O[C@@H](c2ccccc2)[C@H]1c1ccc(Cl)cc1. The number of nitrogens with zero attached hydrogens (tertiary/aromatic N) is 1. The minimum absolute atomic E-state index is 0.199. The summed E-state index contributed by atoms with van der Waals surface area (Å²) in [6.45, 7) is 1.89. The van der Waals surface area contributed by atoms with E-state index in [1.807, 2.05) is 37.3 Å². The summed E-state index contributed by atoms with van der Waals surface area (Å²) < 4.78 is 19.9. The quantitative estimate of drug-likeness (QED) is 0.417. The van der Waals surface area contributed by atoms with Crippen LogP contribution in [0.5, 0.6) is 0 Å². The first-order valence-corrected chi connectivity index (χ1v) is 12.0. The molecule has 182 valence electrons. The van der Waals surface area contributed by atoms with Crippen molar-refractivity contribution in [3.05, 3.63) is 106 Å². The van der Waals surface area contributed by atoms with Gasteiger partial charge in [-0.15, -0.1) is 0 Å². The van der Waals surface area contributed by atoms with Crippen molar-refractivity contribution in [2.75, 3.05) is 0 Å². The third kappa shape index (κ3) is 5.55. The van der Waals surface area contributed by atoms with Crippen molar-refractivity contribution in [1.29, 1.82) is 0 Å². The minimum Gasteiger partial charge on any atom is -0.480 e. The van der Waals surface area contributed by atoms with Crippen LogP contribution in [-0.4, -0.2) is 34.0 Å². The highest BCUT2D eigenvalue weighted by Gasteiger charge is 2.48. The van der Waals surface area contributed by atoms with Crippen LogP contribution in [0.4, 0.5) is 4.39 Å². The Morgan fingerprint density at radius 3 is 2.29 bits per heavy atom. The third-order valence-corrected chi connectivity index (χ3v) is 6.54. The molecule has 1 aliphatic heterocycles. The summed E-state index contributed by atoms with van der Waals surface area (Å²) in [6.07, 6.45) is -0.444. The van der Waals surface area contributed by atoms with Crippen molar-refractivity contribution in [3.63, 3.8) is 0 Å². The summed E-state index contributed by atoms with van der Waals surface area (Å²) >= 11 is 6.12. The van der Waals surface area contributed by atoms with E-state index in [-0.39, 0.29) is 12.2 Å². The highest BCUT2D eigenvalue weighted by atomic mass is 35.5. The van der Waals surface area contributed by atoms with Crippen molar-refractivity contribution in [2.45, 2.75) is 50.5 Å². The normalized spacial score (nSPS) is 21.1. The summed E-state index contributed by atoms with van der Waals surface area (Å²) in [6, 6.07) is 20.7. The number of ether oxygens (including phenoxy) is 1. The van der Waals surface area contributed by atoms with Gasteiger partial charge in [0.05, 0.1) is 6.04 Å². The van der Waals surface area contributed by atoms with Crippen LogP contribution in [0, 0.1) is 5.82 Å². The molecule has 1 amide bonds. The van der Waals surface area contributed by atoms with Gasteiger partial charge < -0.3 is 14.7 Å². The predicted molar refractivity (Wildman–Crippen MR) is 132 cm³/mol. The number of morpholine rings is 1. The Morgan fingerprint density at radius 1 is 1.03 bits per heavy atom. The Balaban J connectivity index is 1.83. The molecular weight excluding hydrogens is 469 g/mol. The van der Waals surface area contributed by atoms with Gasteiger partial charge in [-0.25, -0.2) is 9.18 Å². The van der Waals surface area contributed by atoms with E-state index in [9.17, 15) is 19.1 Å². The Bertz CT molecular complexity index is 1150. The van der Waals surface area contributed by atoms with Gasteiger partial charge in [-0.2, -0.15) is 0 Å². The monoisotopic (exact) mass is 495 g/mol. The molecule has 4 rings (SSSR count). The van der Waals surface area contributed by atoms with E-state index in [4.69, 9.17) is 16.3 Å². The van der Waals surface area contributed by atoms with Crippen LogP contribution in [0.25, 0.3) is 0 Å². The zero-order chi connectivity index (χ0) is 24.9. The molecule has 1 saturated heterocycles. The molecule has 7 heteroatoms. The largest absolute Gasteiger partial charge is 0.480 e. The molecule has 0 aromatic heterocycles. The fourth-order valence-corrected chi connectivity index (χ4v) is 4.76. The Morgan fingerprint density at radius 2 is 1.69 bits per heavy atom. The zero-order valence-electron chi connectivity index (χ0n) is 19.3. The molecule has 0 spiro atoms.